The van der Waals surface area contributed by atoms with E-state index in [1.807, 2.05) is 0 Å². The monoisotopic (exact) mass is 169 g/mol. The number of hydrogen-bond acceptors (Lipinski definition) is 1. The maximum atomic E-state index is 8.19. The molecule has 0 spiro atoms. The van der Waals surface area contributed by atoms with Crippen LogP contribution >= 0.6 is 0 Å². The van der Waals surface area contributed by atoms with E-state index in [1.54, 1.807) is 0 Å². The van der Waals surface area contributed by atoms with Crippen LogP contribution in [0.5, 0.6) is 0 Å². The third kappa shape index (κ3) is 6.05. The van der Waals surface area contributed by atoms with Crippen molar-refractivity contribution in [1.29, 1.82) is 0 Å². The van der Waals surface area contributed by atoms with Gasteiger partial charge in [-0.1, -0.05) is 39.7 Å². The highest BCUT2D eigenvalue weighted by atomic mass is 15.1. The van der Waals surface area contributed by atoms with Crippen LogP contribution in [0.2, 0.25) is 0 Å². The van der Waals surface area contributed by atoms with Gasteiger partial charge in [-0.05, 0) is 22.8 Å². The zero-order valence-corrected chi connectivity index (χ0v) is 8.76. The van der Waals surface area contributed by atoms with Gasteiger partial charge in [-0.15, -0.1) is 0 Å². The lowest BCUT2D eigenvalue weighted by Gasteiger charge is -2.30. The van der Waals surface area contributed by atoms with E-state index in [2.05, 4.69) is 44.6 Å². The molecule has 0 radical (unpaired) electrons. The van der Waals surface area contributed by atoms with Crippen molar-refractivity contribution in [1.82, 2.24) is 0 Å². The summed E-state index contributed by atoms with van der Waals surface area (Å²) in [5, 5.41) is 3.61. The van der Waals surface area contributed by atoms with Crippen molar-refractivity contribution in [2.45, 2.75) is 41.0 Å². The average Bonchev–Trinajstić information content (AvgIpc) is 1.78. The zero-order chi connectivity index (χ0) is 9.83. The van der Waals surface area contributed by atoms with Crippen molar-refractivity contribution in [3.05, 3.63) is 10.4 Å². The summed E-state index contributed by atoms with van der Waals surface area (Å²) in [4.78, 5) is 2.78. The normalized spacial score (nSPS) is 12.4. The fourth-order valence-corrected chi connectivity index (χ4v) is 1.71. The maximum Gasteiger partial charge on any atom is 0.0309 e. The lowest BCUT2D eigenvalue weighted by molar-refractivity contribution is 0.220. The van der Waals surface area contributed by atoms with E-state index in [1.165, 1.54) is 0 Å². The summed E-state index contributed by atoms with van der Waals surface area (Å²) in [6.45, 7) is 11.4. The Hall–Kier alpha value is -0.690. The molecule has 0 aromatic rings. The highest BCUT2D eigenvalue weighted by Crippen LogP contribution is 2.33. The van der Waals surface area contributed by atoms with E-state index >= 15 is 0 Å². The zero-order valence-electron chi connectivity index (χ0n) is 8.76. The van der Waals surface area contributed by atoms with Gasteiger partial charge in [0.15, 0.2) is 0 Å². The molecular weight excluding hydrogens is 150 g/mol. The van der Waals surface area contributed by atoms with Gasteiger partial charge in [0.1, 0.15) is 0 Å². The van der Waals surface area contributed by atoms with Gasteiger partial charge in [-0.3, -0.25) is 0 Å². The lowest BCUT2D eigenvalue weighted by Crippen LogP contribution is -2.23. The molecule has 0 aliphatic rings. The van der Waals surface area contributed by atoms with Gasteiger partial charge in [0.25, 0.3) is 0 Å². The first-order valence-corrected chi connectivity index (χ1v) is 4.28. The molecule has 12 heavy (non-hydrogen) atoms. The minimum Gasteiger partial charge on any atom is -0.0934 e. The van der Waals surface area contributed by atoms with Crippen molar-refractivity contribution in [3.8, 4) is 0 Å². The van der Waals surface area contributed by atoms with Crippen molar-refractivity contribution < 1.29 is 0 Å². The third-order valence-corrected chi connectivity index (χ3v) is 1.57. The number of nitrogens with zero attached hydrogens (tertiary/aromatic N) is 3. The van der Waals surface area contributed by atoms with Crippen LogP contribution in [0.4, 0.5) is 0 Å². The van der Waals surface area contributed by atoms with E-state index in [0.29, 0.717) is 12.0 Å². The van der Waals surface area contributed by atoms with E-state index < -0.39 is 0 Å². The molecular formula is C9H19N3. The molecule has 0 saturated heterocycles. The predicted octanol–water partition coefficient (Wildman–Crippen LogP) is 3.76. The third-order valence-electron chi connectivity index (χ3n) is 1.57. The van der Waals surface area contributed by atoms with Crippen molar-refractivity contribution in [2.24, 2.45) is 15.9 Å². The molecule has 0 aliphatic carbocycles. The Kier molecular flexibility index (Phi) is 3.59. The molecule has 70 valence electrons. The van der Waals surface area contributed by atoms with Gasteiger partial charge in [0.05, 0.1) is 0 Å². The summed E-state index contributed by atoms with van der Waals surface area (Å²) in [6, 6.07) is 0. The smallest absolute Gasteiger partial charge is 0.0309 e. The summed E-state index contributed by atoms with van der Waals surface area (Å²) in [5.74, 6) is 0. The average molecular weight is 169 g/mol. The summed E-state index contributed by atoms with van der Waals surface area (Å²) in [6.07, 6.45) is 1.07. The number of azide groups is 1. The van der Waals surface area contributed by atoms with Gasteiger partial charge in [0.2, 0.25) is 0 Å². The Balaban J connectivity index is 4.12. The molecule has 0 fully saturated rings. The fraction of sp³-hybridized carbons (Fsp3) is 1.00. The Morgan fingerprint density at radius 1 is 1.17 bits per heavy atom. The second-order valence-corrected chi connectivity index (χ2v) is 5.29. The van der Waals surface area contributed by atoms with Crippen LogP contribution < -0.4 is 0 Å². The second-order valence-electron chi connectivity index (χ2n) is 5.29. The Morgan fingerprint density at radius 2 is 1.67 bits per heavy atom. The molecule has 0 rings (SSSR count). The molecule has 0 heterocycles. The van der Waals surface area contributed by atoms with Crippen LogP contribution in [0.3, 0.4) is 0 Å². The van der Waals surface area contributed by atoms with Crippen LogP contribution in [-0.4, -0.2) is 6.54 Å². The largest absolute Gasteiger partial charge is 0.0934 e. The van der Waals surface area contributed by atoms with E-state index in [4.69, 9.17) is 5.53 Å². The SMILES string of the molecule is CC(C)(C)CC(C)(C)CN=[N+]=[N-]. The molecule has 3 nitrogen and oxygen atoms in total. The summed E-state index contributed by atoms with van der Waals surface area (Å²) < 4.78 is 0. The van der Waals surface area contributed by atoms with Gasteiger partial charge >= 0.3 is 0 Å². The van der Waals surface area contributed by atoms with E-state index in [9.17, 15) is 0 Å². The van der Waals surface area contributed by atoms with Crippen LogP contribution in [0.25, 0.3) is 10.4 Å². The van der Waals surface area contributed by atoms with Crippen LogP contribution in [0.1, 0.15) is 41.0 Å². The van der Waals surface area contributed by atoms with Gasteiger partial charge in [-0.2, -0.15) is 0 Å². The van der Waals surface area contributed by atoms with E-state index in [0.717, 1.165) is 6.42 Å². The molecule has 0 atom stereocenters. The molecule has 0 aromatic heterocycles. The standard InChI is InChI=1S/C9H19N3/c1-8(2,3)6-9(4,5)7-11-12-10/h6-7H2,1-5H3. The quantitative estimate of drug-likeness (QED) is 0.351. The number of rotatable bonds is 3. The topological polar surface area (TPSA) is 48.8 Å². The van der Waals surface area contributed by atoms with Crippen LogP contribution in [0, 0.1) is 10.8 Å². The van der Waals surface area contributed by atoms with Crippen LogP contribution in [0.15, 0.2) is 5.11 Å². The fourth-order valence-electron chi connectivity index (χ4n) is 1.71. The first-order valence-electron chi connectivity index (χ1n) is 4.28. The van der Waals surface area contributed by atoms with E-state index in [-0.39, 0.29) is 5.41 Å². The first-order chi connectivity index (χ1) is 5.27. The Labute approximate surface area is 74.8 Å². The molecule has 0 bridgehead atoms. The molecule has 3 heteroatoms. The minimum absolute atomic E-state index is 0.116. The predicted molar refractivity (Wildman–Crippen MR) is 51.9 cm³/mol. The van der Waals surface area contributed by atoms with Crippen molar-refractivity contribution in [3.63, 3.8) is 0 Å². The summed E-state index contributed by atoms with van der Waals surface area (Å²) >= 11 is 0. The van der Waals surface area contributed by atoms with Crippen molar-refractivity contribution >= 4 is 0 Å². The lowest BCUT2D eigenvalue weighted by atomic mass is 9.76. The first kappa shape index (κ1) is 11.3. The van der Waals surface area contributed by atoms with Gasteiger partial charge in [-0.25, -0.2) is 0 Å². The van der Waals surface area contributed by atoms with Crippen molar-refractivity contribution in [2.75, 3.05) is 6.54 Å². The van der Waals surface area contributed by atoms with Gasteiger partial charge < -0.3 is 0 Å². The molecule has 0 N–H and O–H groups in total. The molecule has 0 unspecified atom stereocenters. The van der Waals surface area contributed by atoms with Crippen LogP contribution in [-0.2, 0) is 0 Å². The Bertz CT molecular complexity index is 182. The summed E-state index contributed by atoms with van der Waals surface area (Å²) in [5.41, 5.74) is 8.60. The highest BCUT2D eigenvalue weighted by Gasteiger charge is 2.24. The molecule has 0 aromatic carbocycles. The molecule has 0 aliphatic heterocycles. The Morgan fingerprint density at radius 3 is 2.00 bits per heavy atom. The number of hydrogen-bond donors (Lipinski definition) is 0. The second kappa shape index (κ2) is 3.81. The molecule has 0 saturated carbocycles. The van der Waals surface area contributed by atoms with Gasteiger partial charge in [0, 0.05) is 11.5 Å². The molecule has 0 amide bonds. The highest BCUT2D eigenvalue weighted by molar-refractivity contribution is 4.78. The summed E-state index contributed by atoms with van der Waals surface area (Å²) in [7, 11) is 0. The maximum absolute atomic E-state index is 8.19. The minimum atomic E-state index is 0.116.